The highest BCUT2D eigenvalue weighted by molar-refractivity contribution is 5.77. The molecule has 0 spiro atoms. The molecule has 86 valence electrons. The highest BCUT2D eigenvalue weighted by Gasteiger charge is 2.23. The second-order valence-corrected chi connectivity index (χ2v) is 3.76. The van der Waals surface area contributed by atoms with Crippen LogP contribution in [0, 0.1) is 0 Å². The molecule has 0 radical (unpaired) electrons. The van der Waals surface area contributed by atoms with Gasteiger partial charge in [0, 0.05) is 19.4 Å². The minimum absolute atomic E-state index is 0.0343. The van der Waals surface area contributed by atoms with Gasteiger partial charge < -0.3 is 14.7 Å². The maximum atomic E-state index is 11.7. The van der Waals surface area contributed by atoms with Crippen LogP contribution in [0.3, 0.4) is 0 Å². The summed E-state index contributed by atoms with van der Waals surface area (Å²) in [5.41, 5.74) is 0. The van der Waals surface area contributed by atoms with Crippen LogP contribution < -0.4 is 0 Å². The number of amides is 1. The molecule has 1 fully saturated rings. The van der Waals surface area contributed by atoms with Gasteiger partial charge in [-0.05, 0) is 13.3 Å². The summed E-state index contributed by atoms with van der Waals surface area (Å²) in [5, 5.41) is 8.44. The Balaban J connectivity index is 2.29. The van der Waals surface area contributed by atoms with Gasteiger partial charge >= 0.3 is 5.97 Å². The molecular weight excluding hydrogens is 198 g/mol. The molecule has 1 unspecified atom stereocenters. The van der Waals surface area contributed by atoms with E-state index in [-0.39, 0.29) is 18.4 Å². The van der Waals surface area contributed by atoms with Gasteiger partial charge in [0.1, 0.15) is 0 Å². The van der Waals surface area contributed by atoms with Crippen LogP contribution in [0.25, 0.3) is 0 Å². The number of rotatable bonds is 4. The summed E-state index contributed by atoms with van der Waals surface area (Å²) >= 11 is 0. The maximum Gasteiger partial charge on any atom is 0.303 e. The third-order valence-corrected chi connectivity index (χ3v) is 2.47. The van der Waals surface area contributed by atoms with E-state index in [1.807, 2.05) is 6.92 Å². The van der Waals surface area contributed by atoms with Gasteiger partial charge in [0.05, 0.1) is 19.3 Å². The van der Waals surface area contributed by atoms with Crippen LogP contribution in [0.5, 0.6) is 0 Å². The first-order valence-electron chi connectivity index (χ1n) is 5.20. The molecule has 0 bridgehead atoms. The fourth-order valence-electron chi connectivity index (χ4n) is 1.63. The first-order valence-corrected chi connectivity index (χ1v) is 5.20. The van der Waals surface area contributed by atoms with Crippen LogP contribution in [0.15, 0.2) is 0 Å². The van der Waals surface area contributed by atoms with Crippen LogP contribution in [0.1, 0.15) is 26.2 Å². The van der Waals surface area contributed by atoms with Crippen LogP contribution in [-0.2, 0) is 14.3 Å². The molecule has 1 aliphatic rings. The molecule has 15 heavy (non-hydrogen) atoms. The number of hydrogen-bond acceptors (Lipinski definition) is 3. The van der Waals surface area contributed by atoms with E-state index < -0.39 is 5.97 Å². The van der Waals surface area contributed by atoms with Crippen molar-refractivity contribution in [2.45, 2.75) is 32.2 Å². The maximum absolute atomic E-state index is 11.7. The molecule has 1 heterocycles. The molecule has 1 aliphatic heterocycles. The average Bonchev–Trinajstić information content (AvgIpc) is 2.17. The number of carbonyl (C=O) groups excluding carboxylic acids is 1. The Morgan fingerprint density at radius 1 is 1.47 bits per heavy atom. The minimum Gasteiger partial charge on any atom is -0.481 e. The number of carboxylic acid groups (broad SMARTS) is 1. The van der Waals surface area contributed by atoms with Gasteiger partial charge in [-0.2, -0.15) is 0 Å². The molecule has 0 saturated carbocycles. The summed E-state index contributed by atoms with van der Waals surface area (Å²) in [6.07, 6.45) is 0.791. The summed E-state index contributed by atoms with van der Waals surface area (Å²) < 4.78 is 5.22. The largest absolute Gasteiger partial charge is 0.481 e. The number of nitrogens with zero attached hydrogens (tertiary/aromatic N) is 1. The second kappa shape index (κ2) is 5.70. The van der Waals surface area contributed by atoms with Gasteiger partial charge in [0.2, 0.25) is 5.91 Å². The number of morpholine rings is 1. The molecule has 1 atom stereocenters. The van der Waals surface area contributed by atoms with Crippen molar-refractivity contribution in [1.82, 2.24) is 4.90 Å². The molecular formula is C10H17NO4. The van der Waals surface area contributed by atoms with Crippen molar-refractivity contribution in [3.8, 4) is 0 Å². The van der Waals surface area contributed by atoms with E-state index in [1.54, 1.807) is 4.90 Å². The van der Waals surface area contributed by atoms with Gasteiger partial charge in [-0.25, -0.2) is 0 Å². The van der Waals surface area contributed by atoms with Crippen molar-refractivity contribution in [3.63, 3.8) is 0 Å². The van der Waals surface area contributed by atoms with Gasteiger partial charge in [0.25, 0.3) is 0 Å². The number of carboxylic acids is 1. The van der Waals surface area contributed by atoms with E-state index in [1.165, 1.54) is 0 Å². The van der Waals surface area contributed by atoms with Crippen LogP contribution in [0.4, 0.5) is 0 Å². The Hall–Kier alpha value is -1.10. The predicted octanol–water partition coefficient (Wildman–Crippen LogP) is 0.489. The van der Waals surface area contributed by atoms with Gasteiger partial charge in [-0.1, -0.05) is 0 Å². The van der Waals surface area contributed by atoms with Gasteiger partial charge in [0.15, 0.2) is 0 Å². The zero-order chi connectivity index (χ0) is 11.3. The fraction of sp³-hybridized carbons (Fsp3) is 0.800. The zero-order valence-corrected chi connectivity index (χ0v) is 8.94. The number of aliphatic carboxylic acids is 1. The lowest BCUT2D eigenvalue weighted by Gasteiger charge is -2.33. The van der Waals surface area contributed by atoms with Crippen molar-refractivity contribution >= 4 is 11.9 Å². The van der Waals surface area contributed by atoms with Crippen LogP contribution in [-0.4, -0.2) is 47.7 Å². The SMILES string of the molecule is CC1COCCN1C(=O)CCCC(=O)O. The Morgan fingerprint density at radius 3 is 2.80 bits per heavy atom. The van der Waals surface area contributed by atoms with E-state index in [2.05, 4.69) is 0 Å². The van der Waals surface area contributed by atoms with Crippen molar-refractivity contribution in [3.05, 3.63) is 0 Å². The summed E-state index contributed by atoms with van der Waals surface area (Å²) in [4.78, 5) is 23.7. The standard InChI is InChI=1S/C10H17NO4/c1-8-7-15-6-5-11(8)9(12)3-2-4-10(13)14/h8H,2-7H2,1H3,(H,13,14). The minimum atomic E-state index is -0.849. The van der Waals surface area contributed by atoms with E-state index >= 15 is 0 Å². The molecule has 1 N–H and O–H groups in total. The third kappa shape index (κ3) is 3.87. The third-order valence-electron chi connectivity index (χ3n) is 2.47. The summed E-state index contributed by atoms with van der Waals surface area (Å²) in [7, 11) is 0. The molecule has 5 heteroatoms. The highest BCUT2D eigenvalue weighted by atomic mass is 16.5. The Labute approximate surface area is 89.0 Å². The summed E-state index contributed by atoms with van der Waals surface area (Å²) in [6.45, 7) is 3.71. The summed E-state index contributed by atoms with van der Waals surface area (Å²) in [6, 6.07) is 0.107. The van der Waals surface area contributed by atoms with E-state index in [9.17, 15) is 9.59 Å². The van der Waals surface area contributed by atoms with E-state index in [0.29, 0.717) is 32.6 Å². The normalized spacial score (nSPS) is 21.4. The molecule has 0 aliphatic carbocycles. The second-order valence-electron chi connectivity index (χ2n) is 3.76. The first-order chi connectivity index (χ1) is 7.11. The molecule has 0 aromatic carbocycles. The number of carbonyl (C=O) groups is 2. The van der Waals surface area contributed by atoms with Crippen molar-refractivity contribution in [2.75, 3.05) is 19.8 Å². The zero-order valence-electron chi connectivity index (χ0n) is 8.94. The number of ether oxygens (including phenoxy) is 1. The van der Waals surface area contributed by atoms with Crippen molar-refractivity contribution < 1.29 is 19.4 Å². The van der Waals surface area contributed by atoms with Gasteiger partial charge in [-0.3, -0.25) is 9.59 Å². The topological polar surface area (TPSA) is 66.8 Å². The summed E-state index contributed by atoms with van der Waals surface area (Å²) in [5.74, 6) is -0.815. The molecule has 5 nitrogen and oxygen atoms in total. The smallest absolute Gasteiger partial charge is 0.303 e. The lowest BCUT2D eigenvalue weighted by atomic mass is 10.2. The monoisotopic (exact) mass is 215 g/mol. The molecule has 1 rings (SSSR count). The lowest BCUT2D eigenvalue weighted by molar-refractivity contribution is -0.140. The lowest BCUT2D eigenvalue weighted by Crippen LogP contribution is -2.47. The molecule has 1 amide bonds. The molecule has 0 aromatic heterocycles. The van der Waals surface area contributed by atoms with Crippen LogP contribution >= 0.6 is 0 Å². The van der Waals surface area contributed by atoms with E-state index in [0.717, 1.165) is 0 Å². The average molecular weight is 215 g/mol. The quantitative estimate of drug-likeness (QED) is 0.741. The first kappa shape index (κ1) is 12.0. The molecule has 0 aromatic rings. The van der Waals surface area contributed by atoms with E-state index in [4.69, 9.17) is 9.84 Å². The predicted molar refractivity (Wildman–Crippen MR) is 53.5 cm³/mol. The van der Waals surface area contributed by atoms with Crippen molar-refractivity contribution in [1.29, 1.82) is 0 Å². The Morgan fingerprint density at radius 2 is 2.20 bits per heavy atom. The molecule has 1 saturated heterocycles. The number of hydrogen-bond donors (Lipinski definition) is 1. The Kier molecular flexibility index (Phi) is 4.55. The van der Waals surface area contributed by atoms with Crippen LogP contribution in [0.2, 0.25) is 0 Å². The van der Waals surface area contributed by atoms with Crippen molar-refractivity contribution in [2.24, 2.45) is 0 Å². The fourth-order valence-corrected chi connectivity index (χ4v) is 1.63. The van der Waals surface area contributed by atoms with Gasteiger partial charge in [-0.15, -0.1) is 0 Å². The highest BCUT2D eigenvalue weighted by Crippen LogP contribution is 2.09. The Bertz CT molecular complexity index is 242.